The highest BCUT2D eigenvalue weighted by molar-refractivity contribution is 8.00. The average molecular weight is 479 g/mol. The highest BCUT2D eigenvalue weighted by Crippen LogP contribution is 2.42. The number of hydrogen-bond acceptors (Lipinski definition) is 7. The van der Waals surface area contributed by atoms with Gasteiger partial charge in [0.25, 0.3) is 0 Å². The summed E-state index contributed by atoms with van der Waals surface area (Å²) in [6.07, 6.45) is 8.39. The molecular weight excluding hydrogens is 452 g/mol. The van der Waals surface area contributed by atoms with E-state index in [-0.39, 0.29) is 11.7 Å². The van der Waals surface area contributed by atoms with Gasteiger partial charge in [0.2, 0.25) is 5.91 Å². The number of thioether (sulfide) groups is 1. The van der Waals surface area contributed by atoms with Crippen LogP contribution in [0.5, 0.6) is 5.75 Å². The molecule has 1 aliphatic rings. The lowest BCUT2D eigenvalue weighted by Gasteiger charge is -2.08. The second kappa shape index (κ2) is 9.65. The third-order valence-corrected chi connectivity index (χ3v) is 8.18. The summed E-state index contributed by atoms with van der Waals surface area (Å²) in [5, 5.41) is 4.97. The Hall–Kier alpha value is -2.71. The zero-order valence-corrected chi connectivity index (χ0v) is 20.4. The maximum Gasteiger partial charge on any atom is 0.234 e. The number of methoxy groups -OCH3 is 1. The Morgan fingerprint density at radius 3 is 2.97 bits per heavy atom. The van der Waals surface area contributed by atoms with Crippen LogP contribution in [0.4, 0.5) is 5.69 Å². The fraction of sp³-hybridized carbons (Fsp3) is 0.360. The van der Waals surface area contributed by atoms with Crippen LogP contribution < -0.4 is 10.1 Å². The molecule has 3 aromatic heterocycles. The molecule has 0 fully saturated rings. The van der Waals surface area contributed by atoms with Gasteiger partial charge in [0, 0.05) is 22.8 Å². The monoisotopic (exact) mass is 478 g/mol. The van der Waals surface area contributed by atoms with E-state index in [1.54, 1.807) is 30.8 Å². The standard InChI is InChI=1S/C25H26N4O2S2/c1-3-4-11-19-17-9-6-10-18(17)21-22-23(33-24(21)29-19)25(27-14-26-22)32-13-20(30)28-15-7-5-8-16(12-15)31-2/h5,7-8,12,14H,3-4,6,9-11,13H2,1-2H3,(H,28,30). The number of rotatable bonds is 8. The van der Waals surface area contributed by atoms with Gasteiger partial charge in [-0.3, -0.25) is 4.79 Å². The minimum Gasteiger partial charge on any atom is -0.497 e. The van der Waals surface area contributed by atoms with Gasteiger partial charge < -0.3 is 10.1 Å². The van der Waals surface area contributed by atoms with Gasteiger partial charge >= 0.3 is 0 Å². The van der Waals surface area contributed by atoms with Gasteiger partial charge in [-0.2, -0.15) is 0 Å². The predicted molar refractivity (Wildman–Crippen MR) is 136 cm³/mol. The number of anilines is 1. The van der Waals surface area contributed by atoms with E-state index < -0.39 is 0 Å². The number of aromatic nitrogens is 3. The van der Waals surface area contributed by atoms with Crippen LogP contribution in [0.1, 0.15) is 43.0 Å². The number of carbonyl (C=O) groups is 1. The van der Waals surface area contributed by atoms with Gasteiger partial charge in [-0.05, 0) is 55.4 Å². The van der Waals surface area contributed by atoms with Crippen LogP contribution in [0.2, 0.25) is 0 Å². The molecule has 8 heteroatoms. The third kappa shape index (κ3) is 4.42. The van der Waals surface area contributed by atoms with E-state index in [4.69, 9.17) is 9.72 Å². The first kappa shape index (κ1) is 22.1. The highest BCUT2D eigenvalue weighted by atomic mass is 32.2. The van der Waals surface area contributed by atoms with E-state index in [0.717, 1.165) is 39.3 Å². The Bertz CT molecular complexity index is 1340. The molecule has 0 radical (unpaired) electrons. The van der Waals surface area contributed by atoms with E-state index in [1.165, 1.54) is 53.2 Å². The smallest absolute Gasteiger partial charge is 0.234 e. The van der Waals surface area contributed by atoms with Crippen molar-refractivity contribution in [2.45, 2.75) is 50.5 Å². The predicted octanol–water partition coefficient (Wildman–Crippen LogP) is 5.81. The van der Waals surface area contributed by atoms with Crippen LogP contribution in [0.25, 0.3) is 20.4 Å². The maximum absolute atomic E-state index is 12.6. The Labute approximate surface area is 201 Å². The van der Waals surface area contributed by atoms with Crippen molar-refractivity contribution >= 4 is 55.1 Å². The summed E-state index contributed by atoms with van der Waals surface area (Å²) in [6.45, 7) is 2.22. The highest BCUT2D eigenvalue weighted by Gasteiger charge is 2.24. The van der Waals surface area contributed by atoms with Gasteiger partial charge in [-0.15, -0.1) is 11.3 Å². The molecule has 1 amide bonds. The number of pyridine rings is 1. The van der Waals surface area contributed by atoms with Crippen molar-refractivity contribution in [3.63, 3.8) is 0 Å². The van der Waals surface area contributed by atoms with Crippen LogP contribution in [0.3, 0.4) is 0 Å². The number of hydrogen-bond donors (Lipinski definition) is 1. The van der Waals surface area contributed by atoms with E-state index in [0.29, 0.717) is 11.4 Å². The van der Waals surface area contributed by atoms with Crippen LogP contribution in [0.15, 0.2) is 35.6 Å². The number of carbonyl (C=O) groups excluding carboxylic acids is 1. The molecule has 1 aliphatic carbocycles. The normalized spacial score (nSPS) is 12.9. The number of amides is 1. The molecule has 0 saturated heterocycles. The van der Waals surface area contributed by atoms with E-state index >= 15 is 0 Å². The molecule has 170 valence electrons. The molecule has 0 bridgehead atoms. The first-order chi connectivity index (χ1) is 16.2. The molecule has 1 aromatic carbocycles. The Kier molecular flexibility index (Phi) is 6.46. The molecule has 0 spiro atoms. The SMILES string of the molecule is CCCCc1nc2sc3c(SCC(=O)Nc4cccc(OC)c4)ncnc3c2c2c1CCC2. The number of ether oxygens (including phenoxy) is 1. The summed E-state index contributed by atoms with van der Waals surface area (Å²) in [7, 11) is 1.61. The van der Waals surface area contributed by atoms with Gasteiger partial charge in [0.05, 0.1) is 23.1 Å². The average Bonchev–Trinajstić information content (AvgIpc) is 3.46. The van der Waals surface area contributed by atoms with Gasteiger partial charge in [-0.1, -0.05) is 31.2 Å². The van der Waals surface area contributed by atoms with Crippen molar-refractivity contribution in [2.75, 3.05) is 18.2 Å². The molecule has 4 aromatic rings. The first-order valence-electron chi connectivity index (χ1n) is 11.3. The summed E-state index contributed by atoms with van der Waals surface area (Å²) in [5.41, 5.74) is 5.84. The quantitative estimate of drug-likeness (QED) is 0.254. The lowest BCUT2D eigenvalue weighted by molar-refractivity contribution is -0.113. The van der Waals surface area contributed by atoms with E-state index in [9.17, 15) is 4.79 Å². The molecular formula is C25H26N4O2S2. The van der Waals surface area contributed by atoms with Crippen LogP contribution >= 0.6 is 23.1 Å². The number of thiophene rings is 1. The molecule has 5 rings (SSSR count). The fourth-order valence-electron chi connectivity index (χ4n) is 4.44. The molecule has 0 aliphatic heterocycles. The minimum absolute atomic E-state index is 0.0815. The van der Waals surface area contributed by atoms with E-state index in [1.807, 2.05) is 18.2 Å². The van der Waals surface area contributed by atoms with Crippen LogP contribution in [0, 0.1) is 0 Å². The Morgan fingerprint density at radius 1 is 1.24 bits per heavy atom. The topological polar surface area (TPSA) is 77.0 Å². The first-order valence-corrected chi connectivity index (χ1v) is 13.1. The summed E-state index contributed by atoms with van der Waals surface area (Å²) < 4.78 is 6.25. The van der Waals surface area contributed by atoms with Crippen LogP contribution in [-0.2, 0) is 24.1 Å². The lowest BCUT2D eigenvalue weighted by Crippen LogP contribution is -2.14. The largest absolute Gasteiger partial charge is 0.497 e. The van der Waals surface area contributed by atoms with Crippen molar-refractivity contribution < 1.29 is 9.53 Å². The molecule has 3 heterocycles. The third-order valence-electron chi connectivity index (χ3n) is 5.99. The number of fused-ring (bicyclic) bond motifs is 5. The van der Waals surface area contributed by atoms with Crippen molar-refractivity contribution in [3.8, 4) is 5.75 Å². The number of nitrogens with one attached hydrogen (secondary N) is 1. The number of benzene rings is 1. The maximum atomic E-state index is 12.6. The Balaban J connectivity index is 1.42. The van der Waals surface area contributed by atoms with Crippen molar-refractivity contribution in [1.82, 2.24) is 15.0 Å². The summed E-state index contributed by atoms with van der Waals surface area (Å²) in [6, 6.07) is 7.36. The molecule has 0 atom stereocenters. The summed E-state index contributed by atoms with van der Waals surface area (Å²) in [4.78, 5) is 27.9. The summed E-state index contributed by atoms with van der Waals surface area (Å²) >= 11 is 3.10. The number of nitrogens with zero attached hydrogens (tertiary/aromatic N) is 3. The van der Waals surface area contributed by atoms with Crippen molar-refractivity contribution in [2.24, 2.45) is 0 Å². The second-order valence-corrected chi connectivity index (χ2v) is 10.1. The van der Waals surface area contributed by atoms with Crippen LogP contribution in [-0.4, -0.2) is 33.7 Å². The second-order valence-electron chi connectivity index (χ2n) is 8.18. The summed E-state index contributed by atoms with van der Waals surface area (Å²) in [5.74, 6) is 0.897. The minimum atomic E-state index is -0.0815. The fourth-order valence-corrected chi connectivity index (χ4v) is 6.49. The molecule has 6 nitrogen and oxygen atoms in total. The Morgan fingerprint density at radius 2 is 2.12 bits per heavy atom. The molecule has 33 heavy (non-hydrogen) atoms. The van der Waals surface area contributed by atoms with Gasteiger partial charge in [0.1, 0.15) is 21.9 Å². The zero-order chi connectivity index (χ0) is 22.8. The molecule has 0 saturated carbocycles. The zero-order valence-electron chi connectivity index (χ0n) is 18.8. The molecule has 0 unspecified atom stereocenters. The van der Waals surface area contributed by atoms with E-state index in [2.05, 4.69) is 22.2 Å². The lowest BCUT2D eigenvalue weighted by atomic mass is 10.0. The number of unbranched alkanes of at least 4 members (excludes halogenated alkanes) is 1. The van der Waals surface area contributed by atoms with Gasteiger partial charge in [0.15, 0.2) is 0 Å². The molecule has 1 N–H and O–H groups in total. The van der Waals surface area contributed by atoms with Crippen molar-refractivity contribution in [1.29, 1.82) is 0 Å². The van der Waals surface area contributed by atoms with Crippen molar-refractivity contribution in [3.05, 3.63) is 47.4 Å². The number of aryl methyl sites for hydroxylation is 2. The van der Waals surface area contributed by atoms with Gasteiger partial charge in [-0.25, -0.2) is 15.0 Å².